The minimum absolute atomic E-state index is 0.00254. The Bertz CT molecular complexity index is 1100. The van der Waals surface area contributed by atoms with Crippen molar-refractivity contribution < 1.29 is 23.2 Å². The van der Waals surface area contributed by atoms with Gasteiger partial charge in [-0.2, -0.15) is 0 Å². The zero-order valence-corrected chi connectivity index (χ0v) is 18.0. The largest absolute Gasteiger partial charge is 0.497 e. The van der Waals surface area contributed by atoms with Crippen LogP contribution in [0.3, 0.4) is 0 Å². The van der Waals surface area contributed by atoms with Crippen LogP contribution < -0.4 is 10.1 Å². The average Bonchev–Trinajstić information content (AvgIpc) is 3.12. The molecule has 0 aliphatic rings. The quantitative estimate of drug-likeness (QED) is 0.576. The number of methoxy groups -OCH3 is 1. The van der Waals surface area contributed by atoms with Crippen LogP contribution in [0.4, 0.5) is 10.1 Å². The van der Waals surface area contributed by atoms with Crippen LogP contribution >= 0.6 is 11.6 Å². The molecule has 2 aromatic carbocycles. The van der Waals surface area contributed by atoms with Gasteiger partial charge in [0.1, 0.15) is 35.1 Å². The Morgan fingerprint density at radius 3 is 2.68 bits per heavy atom. The molecule has 0 aliphatic heterocycles. The van der Waals surface area contributed by atoms with Crippen LogP contribution in [-0.4, -0.2) is 42.1 Å². The third-order valence-corrected chi connectivity index (χ3v) is 4.95. The Hall–Kier alpha value is -3.39. The second kappa shape index (κ2) is 9.61. The highest BCUT2D eigenvalue weighted by molar-refractivity contribution is 6.33. The van der Waals surface area contributed by atoms with E-state index < -0.39 is 17.6 Å². The standard InChI is InChI=1S/C22H21ClFN3O4/c1-4-27(12-18(28)25-14-7-5-8-15(11-14)30-3)22(29)19-13(2)31-26-21(19)20-16(23)9-6-10-17(20)24/h5-11H,4,12H2,1-3H3,(H,25,28). The molecule has 162 valence electrons. The number of rotatable bonds is 7. The van der Waals surface area contributed by atoms with Gasteiger partial charge in [-0.15, -0.1) is 0 Å². The number of hydrogen-bond acceptors (Lipinski definition) is 5. The number of nitrogens with zero attached hydrogens (tertiary/aromatic N) is 2. The van der Waals surface area contributed by atoms with Crippen LogP contribution in [0.1, 0.15) is 23.0 Å². The molecule has 31 heavy (non-hydrogen) atoms. The van der Waals surface area contributed by atoms with Gasteiger partial charge >= 0.3 is 0 Å². The highest BCUT2D eigenvalue weighted by Crippen LogP contribution is 2.34. The Balaban J connectivity index is 1.84. The van der Waals surface area contributed by atoms with E-state index >= 15 is 0 Å². The molecule has 9 heteroatoms. The van der Waals surface area contributed by atoms with E-state index in [9.17, 15) is 14.0 Å². The number of benzene rings is 2. The van der Waals surface area contributed by atoms with Crippen LogP contribution in [0.15, 0.2) is 47.0 Å². The van der Waals surface area contributed by atoms with E-state index in [0.717, 1.165) is 0 Å². The van der Waals surface area contributed by atoms with Crippen LogP contribution in [0.2, 0.25) is 5.02 Å². The normalized spacial score (nSPS) is 10.6. The molecule has 3 aromatic rings. The molecule has 0 radical (unpaired) electrons. The Labute approximate surface area is 183 Å². The maximum Gasteiger partial charge on any atom is 0.260 e. The van der Waals surface area contributed by atoms with Crippen LogP contribution in [0, 0.1) is 12.7 Å². The summed E-state index contributed by atoms with van der Waals surface area (Å²) in [5, 5.41) is 6.68. The highest BCUT2D eigenvalue weighted by atomic mass is 35.5. The van der Waals surface area contributed by atoms with Crippen molar-refractivity contribution in [3.8, 4) is 17.0 Å². The number of carbonyl (C=O) groups excluding carboxylic acids is 2. The highest BCUT2D eigenvalue weighted by Gasteiger charge is 2.29. The maximum absolute atomic E-state index is 14.4. The zero-order chi connectivity index (χ0) is 22.5. The monoisotopic (exact) mass is 445 g/mol. The number of anilines is 1. The van der Waals surface area contributed by atoms with Crippen molar-refractivity contribution in [2.24, 2.45) is 0 Å². The molecule has 1 heterocycles. The predicted molar refractivity (Wildman–Crippen MR) is 115 cm³/mol. The van der Waals surface area contributed by atoms with Crippen molar-refractivity contribution in [1.29, 1.82) is 0 Å². The summed E-state index contributed by atoms with van der Waals surface area (Å²) in [5.74, 6) is -0.758. The SMILES string of the molecule is CCN(CC(=O)Nc1cccc(OC)c1)C(=O)c1c(-c2c(F)cccc2Cl)noc1C. The molecule has 1 aromatic heterocycles. The fraction of sp³-hybridized carbons (Fsp3) is 0.227. The molecule has 1 N–H and O–H groups in total. The first-order valence-corrected chi connectivity index (χ1v) is 9.87. The third-order valence-electron chi connectivity index (χ3n) is 4.63. The van der Waals surface area contributed by atoms with Crippen LogP contribution in [-0.2, 0) is 4.79 Å². The van der Waals surface area contributed by atoms with E-state index in [0.29, 0.717) is 11.4 Å². The second-order valence-corrected chi connectivity index (χ2v) is 7.07. The summed E-state index contributed by atoms with van der Waals surface area (Å²) in [7, 11) is 1.53. The zero-order valence-electron chi connectivity index (χ0n) is 17.2. The topological polar surface area (TPSA) is 84.7 Å². The van der Waals surface area contributed by atoms with E-state index in [1.165, 1.54) is 30.2 Å². The van der Waals surface area contributed by atoms with Gasteiger partial charge in [0.25, 0.3) is 5.91 Å². The lowest BCUT2D eigenvalue weighted by Gasteiger charge is -2.20. The van der Waals surface area contributed by atoms with Gasteiger partial charge in [-0.1, -0.05) is 28.9 Å². The molecule has 3 rings (SSSR count). The van der Waals surface area contributed by atoms with Gasteiger partial charge in [-0.3, -0.25) is 9.59 Å². The summed E-state index contributed by atoms with van der Waals surface area (Å²) < 4.78 is 24.7. The summed E-state index contributed by atoms with van der Waals surface area (Å²) in [6.45, 7) is 3.29. The first-order chi connectivity index (χ1) is 14.8. The molecule has 7 nitrogen and oxygen atoms in total. The minimum atomic E-state index is -0.631. The van der Waals surface area contributed by atoms with Gasteiger partial charge in [0, 0.05) is 18.3 Å². The van der Waals surface area contributed by atoms with Crippen molar-refractivity contribution in [1.82, 2.24) is 10.1 Å². The first-order valence-electron chi connectivity index (χ1n) is 9.49. The number of amides is 2. The molecule has 0 aliphatic carbocycles. The maximum atomic E-state index is 14.4. The van der Waals surface area contributed by atoms with E-state index in [4.69, 9.17) is 20.9 Å². The minimum Gasteiger partial charge on any atom is -0.497 e. The first kappa shape index (κ1) is 22.3. The smallest absolute Gasteiger partial charge is 0.260 e. The summed E-state index contributed by atoms with van der Waals surface area (Å²) in [6.07, 6.45) is 0. The molecular formula is C22H21ClFN3O4. The van der Waals surface area contributed by atoms with Gasteiger partial charge in [0.15, 0.2) is 0 Å². The summed E-state index contributed by atoms with van der Waals surface area (Å²) in [6, 6.07) is 11.0. The second-order valence-electron chi connectivity index (χ2n) is 6.66. The van der Waals surface area contributed by atoms with E-state index in [-0.39, 0.29) is 40.7 Å². The van der Waals surface area contributed by atoms with E-state index in [2.05, 4.69) is 10.5 Å². The lowest BCUT2D eigenvalue weighted by Crippen LogP contribution is -2.38. The molecule has 0 saturated carbocycles. The lowest BCUT2D eigenvalue weighted by atomic mass is 10.0. The Kier molecular flexibility index (Phi) is 6.91. The molecule has 0 atom stereocenters. The number of aryl methyl sites for hydroxylation is 1. The average molecular weight is 446 g/mol. The number of halogens is 2. The van der Waals surface area contributed by atoms with E-state index in [1.54, 1.807) is 38.1 Å². The molecular weight excluding hydrogens is 425 g/mol. The van der Waals surface area contributed by atoms with Crippen molar-refractivity contribution in [3.63, 3.8) is 0 Å². The van der Waals surface area contributed by atoms with Crippen LogP contribution in [0.25, 0.3) is 11.3 Å². The summed E-state index contributed by atoms with van der Waals surface area (Å²) in [4.78, 5) is 27.1. The number of ether oxygens (including phenoxy) is 1. The number of aromatic nitrogens is 1. The molecule has 0 saturated heterocycles. The van der Waals surface area contributed by atoms with Gasteiger partial charge in [-0.25, -0.2) is 4.39 Å². The van der Waals surface area contributed by atoms with Crippen molar-refractivity contribution in [2.45, 2.75) is 13.8 Å². The van der Waals surface area contributed by atoms with Crippen LogP contribution in [0.5, 0.6) is 5.75 Å². The molecule has 0 fully saturated rings. The molecule has 0 unspecified atom stereocenters. The van der Waals surface area contributed by atoms with Crippen molar-refractivity contribution >= 4 is 29.1 Å². The summed E-state index contributed by atoms with van der Waals surface area (Å²) in [5.41, 5.74) is 0.564. The molecule has 0 spiro atoms. The van der Waals surface area contributed by atoms with Gasteiger partial charge < -0.3 is 19.5 Å². The predicted octanol–water partition coefficient (Wildman–Crippen LogP) is 4.55. The molecule has 0 bridgehead atoms. The number of hydrogen-bond donors (Lipinski definition) is 1. The van der Waals surface area contributed by atoms with Crippen molar-refractivity contribution in [3.05, 3.63) is 64.6 Å². The van der Waals surface area contributed by atoms with Gasteiger partial charge in [0.2, 0.25) is 5.91 Å². The molecule has 2 amide bonds. The summed E-state index contributed by atoms with van der Waals surface area (Å²) >= 11 is 6.14. The van der Waals surface area contributed by atoms with Gasteiger partial charge in [-0.05, 0) is 38.1 Å². The Morgan fingerprint density at radius 1 is 1.26 bits per heavy atom. The van der Waals surface area contributed by atoms with Crippen molar-refractivity contribution in [2.75, 3.05) is 25.5 Å². The fourth-order valence-electron chi connectivity index (χ4n) is 3.08. The number of nitrogens with one attached hydrogen (secondary N) is 1. The fourth-order valence-corrected chi connectivity index (χ4v) is 3.33. The van der Waals surface area contributed by atoms with E-state index in [1.807, 2.05) is 0 Å². The Morgan fingerprint density at radius 2 is 2.00 bits per heavy atom. The lowest BCUT2D eigenvalue weighted by molar-refractivity contribution is -0.116. The third kappa shape index (κ3) is 4.86. The number of likely N-dealkylation sites (N-methyl/N-ethyl adjacent to an activating group) is 1. The van der Waals surface area contributed by atoms with Gasteiger partial charge in [0.05, 0.1) is 17.7 Å². The number of carbonyl (C=O) groups is 2.